The number of nitrogens with zero attached hydrogens (tertiary/aromatic N) is 3. The van der Waals surface area contributed by atoms with Crippen molar-refractivity contribution < 1.29 is 14.6 Å². The molecule has 178 valence electrons. The summed E-state index contributed by atoms with van der Waals surface area (Å²) in [6.07, 6.45) is 4.03. The van der Waals surface area contributed by atoms with Crippen molar-refractivity contribution in [3.8, 4) is 17.0 Å². The average Bonchev–Trinajstić information content (AvgIpc) is 3.62. The third-order valence-electron chi connectivity index (χ3n) is 7.85. The highest BCUT2D eigenvalue weighted by atomic mass is 31.0. The van der Waals surface area contributed by atoms with Gasteiger partial charge in [0, 0.05) is 38.2 Å². The summed E-state index contributed by atoms with van der Waals surface area (Å²) in [7, 11) is 2.61. The molecule has 2 aromatic heterocycles. The monoisotopic (exact) mass is 493 g/mol. The van der Waals surface area contributed by atoms with Crippen LogP contribution in [0.25, 0.3) is 50.3 Å². The van der Waals surface area contributed by atoms with Crippen LogP contribution in [0, 0.1) is 0 Å². The molecule has 0 saturated carbocycles. The van der Waals surface area contributed by atoms with E-state index in [-0.39, 0.29) is 24.1 Å². The second-order valence-electron chi connectivity index (χ2n) is 10.3. The van der Waals surface area contributed by atoms with Crippen LogP contribution in [0.2, 0.25) is 0 Å². The molecule has 3 aliphatic rings. The molecule has 1 saturated heterocycles. The number of fused-ring (bicyclic) bond motifs is 11. The van der Waals surface area contributed by atoms with Crippen LogP contribution in [0.3, 0.4) is 0 Å². The number of para-hydroxylation sites is 2. The number of benzene rings is 3. The summed E-state index contributed by atoms with van der Waals surface area (Å²) in [6.45, 7) is 8.26. The van der Waals surface area contributed by atoms with Gasteiger partial charge in [0.15, 0.2) is 5.79 Å². The number of hydrogen-bond acceptors (Lipinski definition) is 4. The van der Waals surface area contributed by atoms with Crippen molar-refractivity contribution in [1.82, 2.24) is 8.90 Å². The molecule has 0 amide bonds. The topological polar surface area (TPSA) is 60.9 Å². The smallest absolute Gasteiger partial charge is 0.203 e. The molecule has 3 aromatic carbocycles. The first kappa shape index (κ1) is 20.7. The van der Waals surface area contributed by atoms with Gasteiger partial charge in [-0.25, -0.2) is 4.99 Å². The van der Waals surface area contributed by atoms with Crippen LogP contribution in [0.1, 0.15) is 19.9 Å². The fourth-order valence-corrected chi connectivity index (χ4v) is 6.75. The maximum Gasteiger partial charge on any atom is 0.203 e. The third kappa shape index (κ3) is 2.40. The molecule has 6 nitrogen and oxygen atoms in total. The maximum atomic E-state index is 11.4. The summed E-state index contributed by atoms with van der Waals surface area (Å²) >= 11 is 0. The molecule has 5 aromatic rings. The first-order valence-corrected chi connectivity index (χ1v) is 12.7. The predicted octanol–water partition coefficient (Wildman–Crippen LogP) is 5.07. The number of ether oxygens (including phenoxy) is 2. The van der Waals surface area contributed by atoms with E-state index in [1.807, 2.05) is 38.1 Å². The number of rotatable bonds is 1. The summed E-state index contributed by atoms with van der Waals surface area (Å²) < 4.78 is 16.6. The molecular formula is C29H24N3O3P. The molecule has 0 spiro atoms. The Morgan fingerprint density at radius 3 is 2.64 bits per heavy atom. The van der Waals surface area contributed by atoms with Crippen LogP contribution < -0.4 is 10.7 Å². The Hall–Kier alpha value is -3.44. The Kier molecular flexibility index (Phi) is 3.83. The quantitative estimate of drug-likeness (QED) is 0.257. The van der Waals surface area contributed by atoms with Crippen molar-refractivity contribution in [3.63, 3.8) is 0 Å². The van der Waals surface area contributed by atoms with Gasteiger partial charge < -0.3 is 19.1 Å². The molecule has 4 atom stereocenters. The van der Waals surface area contributed by atoms with Gasteiger partial charge >= 0.3 is 0 Å². The molecule has 1 aliphatic carbocycles. The Labute approximate surface area is 209 Å². The molecule has 0 bridgehead atoms. The SMILES string of the molecule is C=c1c2c3c(c4c(c5ccccc5n4C4C=CC5OC(C)(C)O[C@@H]54)c2c(O)n1P)=Nc1ccccc1-3. The van der Waals surface area contributed by atoms with Crippen LogP contribution in [0.4, 0.5) is 5.69 Å². The minimum Gasteiger partial charge on any atom is -0.494 e. The van der Waals surface area contributed by atoms with Gasteiger partial charge in [0.2, 0.25) is 5.88 Å². The summed E-state index contributed by atoms with van der Waals surface area (Å²) in [5.74, 6) is -0.466. The summed E-state index contributed by atoms with van der Waals surface area (Å²) in [4.78, 5) is 5.17. The lowest BCUT2D eigenvalue weighted by Crippen LogP contribution is -2.28. The van der Waals surface area contributed by atoms with E-state index in [2.05, 4.69) is 57.0 Å². The van der Waals surface area contributed by atoms with E-state index in [9.17, 15) is 5.11 Å². The lowest BCUT2D eigenvalue weighted by Gasteiger charge is -2.23. The van der Waals surface area contributed by atoms with Crippen molar-refractivity contribution in [2.24, 2.45) is 4.99 Å². The molecule has 1 fully saturated rings. The van der Waals surface area contributed by atoms with E-state index in [4.69, 9.17) is 14.5 Å². The van der Waals surface area contributed by atoms with E-state index < -0.39 is 5.79 Å². The minimum absolute atomic E-state index is 0.0842. The summed E-state index contributed by atoms with van der Waals surface area (Å²) in [6, 6.07) is 16.5. The Morgan fingerprint density at radius 2 is 1.78 bits per heavy atom. The molecule has 3 unspecified atom stereocenters. The normalized spacial score (nSPS) is 23.5. The number of aromatic hydroxyl groups is 1. The Bertz CT molecular complexity index is 1950. The van der Waals surface area contributed by atoms with Crippen molar-refractivity contribution in [1.29, 1.82) is 0 Å². The van der Waals surface area contributed by atoms with Crippen LogP contribution in [-0.2, 0) is 9.47 Å². The van der Waals surface area contributed by atoms with Gasteiger partial charge in [-0.2, -0.15) is 0 Å². The largest absolute Gasteiger partial charge is 0.494 e. The molecule has 8 rings (SSSR count). The second kappa shape index (κ2) is 6.65. The fourth-order valence-electron chi connectivity index (χ4n) is 6.50. The van der Waals surface area contributed by atoms with Crippen LogP contribution in [-0.4, -0.2) is 32.0 Å². The second-order valence-corrected chi connectivity index (χ2v) is 10.8. The van der Waals surface area contributed by atoms with Crippen LogP contribution in [0.15, 0.2) is 65.7 Å². The lowest BCUT2D eigenvalue weighted by atomic mass is 9.97. The van der Waals surface area contributed by atoms with Gasteiger partial charge in [-0.1, -0.05) is 55.1 Å². The number of hydrogen-bond donors (Lipinski definition) is 1. The van der Waals surface area contributed by atoms with E-state index in [0.29, 0.717) is 0 Å². The average molecular weight is 494 g/mol. The molecule has 0 radical (unpaired) electrons. The van der Waals surface area contributed by atoms with Gasteiger partial charge in [0.1, 0.15) is 12.2 Å². The van der Waals surface area contributed by atoms with Gasteiger partial charge in [0.05, 0.1) is 28.0 Å². The van der Waals surface area contributed by atoms with Crippen LogP contribution in [0.5, 0.6) is 5.88 Å². The maximum absolute atomic E-state index is 11.4. The standard InChI is InChI=1S/C29H24N3O3P/c1-14-21-22-15-8-4-6-10-17(15)30-25(22)26-23(24(21)28(33)32(14)36)16-9-5-7-11-18(16)31(26)19-12-13-20-27(19)35-29(2,3)34-20/h4-13,19-20,27,33H,1,36H2,2-3H3/t19?,20?,27-/m1/s1. The van der Waals surface area contributed by atoms with Crippen molar-refractivity contribution in [3.05, 3.63) is 71.4 Å². The van der Waals surface area contributed by atoms with Crippen molar-refractivity contribution >= 4 is 54.2 Å². The first-order chi connectivity index (χ1) is 17.4. The molecule has 36 heavy (non-hydrogen) atoms. The highest BCUT2D eigenvalue weighted by Gasteiger charge is 2.47. The minimum atomic E-state index is -0.648. The van der Waals surface area contributed by atoms with Gasteiger partial charge in [-0.3, -0.25) is 4.34 Å². The zero-order chi connectivity index (χ0) is 24.5. The van der Waals surface area contributed by atoms with Gasteiger partial charge in [0.25, 0.3) is 0 Å². The third-order valence-corrected chi connectivity index (χ3v) is 8.41. The fraction of sp³-hybridized carbons (Fsp3) is 0.207. The van der Waals surface area contributed by atoms with E-state index >= 15 is 0 Å². The van der Waals surface area contributed by atoms with E-state index in [0.717, 1.165) is 60.1 Å². The van der Waals surface area contributed by atoms with Gasteiger partial charge in [-0.05, 0) is 35.4 Å². The molecule has 7 heteroatoms. The van der Waals surface area contributed by atoms with Crippen molar-refractivity contribution in [2.45, 2.75) is 37.9 Å². The zero-order valence-corrected chi connectivity index (χ0v) is 21.1. The molecule has 4 heterocycles. The van der Waals surface area contributed by atoms with Crippen molar-refractivity contribution in [2.75, 3.05) is 0 Å². The summed E-state index contributed by atoms with van der Waals surface area (Å²) in [5, 5.41) is 16.8. The lowest BCUT2D eigenvalue weighted by molar-refractivity contribution is -0.146. The first-order valence-electron chi connectivity index (χ1n) is 12.1. The molecular weight excluding hydrogens is 469 g/mol. The Morgan fingerprint density at radius 1 is 1.00 bits per heavy atom. The van der Waals surface area contributed by atoms with E-state index in [1.165, 1.54) is 0 Å². The van der Waals surface area contributed by atoms with E-state index in [1.54, 1.807) is 4.34 Å². The zero-order valence-electron chi connectivity index (χ0n) is 19.9. The number of aromatic nitrogens is 2. The predicted molar refractivity (Wildman–Crippen MR) is 145 cm³/mol. The Balaban J connectivity index is 1.61. The highest BCUT2D eigenvalue weighted by molar-refractivity contribution is 7.14. The molecule has 1 N–H and O–H groups in total. The van der Waals surface area contributed by atoms with Gasteiger partial charge in [-0.15, -0.1) is 0 Å². The molecule has 2 aliphatic heterocycles. The highest BCUT2D eigenvalue weighted by Crippen LogP contribution is 2.48. The van der Waals surface area contributed by atoms with Crippen LogP contribution >= 0.6 is 9.39 Å². The summed E-state index contributed by atoms with van der Waals surface area (Å²) in [5.41, 5.74) is 5.05.